The zero-order valence-corrected chi connectivity index (χ0v) is 60.9. The number of phosphoric acid groups is 4. The molecule has 6 atom stereocenters. The summed E-state index contributed by atoms with van der Waals surface area (Å²) < 4.78 is 165. The van der Waals surface area contributed by atoms with Crippen LogP contribution in [0.2, 0.25) is 0 Å². The fourth-order valence-electron chi connectivity index (χ4n) is 11.5. The first-order valence-electron chi connectivity index (χ1n) is 34.3. The predicted molar refractivity (Wildman–Crippen MR) is 393 cm³/mol. The molecule has 1 saturated carbocycles. The monoisotopic (exact) mass is 1470 g/mol. The van der Waals surface area contributed by atoms with Gasteiger partial charge in [-0.3, -0.25) is 54.3 Å². The Kier molecular flexibility index (Phi) is 29.1. The summed E-state index contributed by atoms with van der Waals surface area (Å²) in [6.45, 7) is -1.35. The Hall–Kier alpha value is -7.44. The molecule has 10 aromatic rings. The van der Waals surface area contributed by atoms with Gasteiger partial charge in [-0.15, -0.1) is 0 Å². The fraction of sp³-hybridized carbons (Fsp3) is 0.259. The Bertz CT molecular complexity index is 3910. The molecule has 0 radical (unpaired) electrons. The van der Waals surface area contributed by atoms with Crippen LogP contribution in [-0.2, 0) is 148 Å². The van der Waals surface area contributed by atoms with Gasteiger partial charge < -0.3 is 9.47 Å². The highest BCUT2D eigenvalue weighted by atomic mass is 31.2. The van der Waals surface area contributed by atoms with Gasteiger partial charge >= 0.3 is 31.3 Å². The molecule has 0 amide bonds. The third kappa shape index (κ3) is 23.5. The van der Waals surface area contributed by atoms with Gasteiger partial charge in [0, 0.05) is 0 Å². The minimum absolute atomic E-state index is 0.162. The van der Waals surface area contributed by atoms with Gasteiger partial charge in [-0.1, -0.05) is 330 Å². The maximum atomic E-state index is 17.2. The van der Waals surface area contributed by atoms with E-state index >= 15 is 18.3 Å². The highest BCUT2D eigenvalue weighted by Crippen LogP contribution is 2.66. The first-order valence-corrected chi connectivity index (χ1v) is 40.1. The molecule has 538 valence electrons. The predicted octanol–water partition coefficient (Wildman–Crippen LogP) is 20.8. The van der Waals surface area contributed by atoms with Crippen molar-refractivity contribution < 1.29 is 82.0 Å². The topological polar surface area (TPSA) is 197 Å². The summed E-state index contributed by atoms with van der Waals surface area (Å²) in [7, 11) is -21.0. The largest absolute Gasteiger partial charge is 0.476 e. The summed E-state index contributed by atoms with van der Waals surface area (Å²) >= 11 is 0. The van der Waals surface area contributed by atoms with E-state index in [0.717, 1.165) is 0 Å². The van der Waals surface area contributed by atoms with E-state index in [1.807, 2.05) is 116 Å². The summed E-state index contributed by atoms with van der Waals surface area (Å²) in [5.41, 5.74) is 3.24. The van der Waals surface area contributed by atoms with Gasteiger partial charge in [0.1, 0.15) is 36.1 Å². The molecule has 0 aliphatic heterocycles. The number of hydrogen-bond donors (Lipinski definition) is 0. The van der Waals surface area contributed by atoms with E-state index in [-0.39, 0.29) is 78.9 Å². The fourth-order valence-corrected chi connectivity index (χ4v) is 17.1. The normalized spacial score (nSPS) is 18.0. The van der Waals surface area contributed by atoms with E-state index in [0.29, 0.717) is 68.5 Å². The molecule has 10 aromatic carbocycles. The van der Waals surface area contributed by atoms with E-state index in [2.05, 4.69) is 0 Å². The van der Waals surface area contributed by atoms with E-state index < -0.39 is 67.4 Å². The van der Waals surface area contributed by atoms with Gasteiger partial charge in [-0.25, -0.2) is 18.3 Å². The third-order valence-corrected chi connectivity index (χ3v) is 22.4. The molecule has 0 bridgehead atoms. The average Bonchev–Trinajstić information content (AvgIpc) is 0.713. The Morgan fingerprint density at radius 3 is 0.680 bits per heavy atom. The maximum absolute atomic E-state index is 17.2. The standard InChI is InChI=1S/C81H86O18P4/c1-2-3-34-55-81(99-103(85,94-64-74-51-30-12-31-52-74)95-65-75-53-32-13-33-54-75)79(97-101(83,90-60-70-43-22-8-23-44-70)91-61-71-45-24-9-25-46-71)77(86-56-66-35-14-4-15-36-66)76(96-100(82,88-58-68-39-18-6-19-40-68)89-59-69-41-20-7-21-42-69)78(87-57-67-37-16-5-17-38-67)80(81)98-102(84,92-62-72-47-26-10-27-48-72)93-63-73-49-28-11-29-50-73/h4-33,35-54,76-80H,2-3,34,55-65H2,1H3/t76?,77-,78-,79-,80+,81?/m0/s1. The van der Waals surface area contributed by atoms with Gasteiger partial charge in [0.15, 0.2) is 0 Å². The van der Waals surface area contributed by atoms with Crippen LogP contribution in [0.1, 0.15) is 88.2 Å². The van der Waals surface area contributed by atoms with Crippen molar-refractivity contribution >= 4 is 31.3 Å². The maximum Gasteiger partial charge on any atom is 0.476 e. The number of phosphoric ester groups is 4. The zero-order valence-electron chi connectivity index (χ0n) is 57.3. The van der Waals surface area contributed by atoms with Crippen LogP contribution in [0.5, 0.6) is 0 Å². The molecule has 103 heavy (non-hydrogen) atoms. The van der Waals surface area contributed by atoms with Crippen LogP contribution in [0.3, 0.4) is 0 Å². The number of unbranched alkanes of at least 4 members (excludes halogenated alkanes) is 2. The van der Waals surface area contributed by atoms with E-state index in [4.69, 9.17) is 63.8 Å². The van der Waals surface area contributed by atoms with Gasteiger partial charge in [-0.05, 0) is 62.1 Å². The zero-order chi connectivity index (χ0) is 71.3. The summed E-state index contributed by atoms with van der Waals surface area (Å²) in [5, 5.41) is 0. The number of rotatable bonds is 42. The molecule has 18 nitrogen and oxygen atoms in total. The van der Waals surface area contributed by atoms with E-state index in [1.54, 1.807) is 194 Å². The van der Waals surface area contributed by atoms with Crippen LogP contribution in [0.4, 0.5) is 0 Å². The van der Waals surface area contributed by atoms with Crippen molar-refractivity contribution in [1.82, 2.24) is 0 Å². The lowest BCUT2D eigenvalue weighted by atomic mass is 9.72. The van der Waals surface area contributed by atoms with E-state index in [1.165, 1.54) is 0 Å². The second-order valence-corrected chi connectivity index (χ2v) is 31.0. The molecule has 0 saturated heterocycles. The molecule has 11 rings (SSSR count). The number of ether oxygens (including phenoxy) is 2. The Labute approximate surface area is 603 Å². The van der Waals surface area contributed by atoms with Crippen molar-refractivity contribution in [2.45, 2.75) is 135 Å². The lowest BCUT2D eigenvalue weighted by Crippen LogP contribution is -2.73. The molecule has 22 heteroatoms. The molecule has 1 aliphatic carbocycles. The first kappa shape index (κ1) is 76.7. The van der Waals surface area contributed by atoms with Crippen molar-refractivity contribution in [3.8, 4) is 0 Å². The summed E-state index contributed by atoms with van der Waals surface area (Å²) in [4.78, 5) is 0. The number of benzene rings is 10. The summed E-state index contributed by atoms with van der Waals surface area (Å²) in [6.07, 6.45) is -8.97. The molecule has 0 N–H and O–H groups in total. The van der Waals surface area contributed by atoms with Crippen LogP contribution in [0, 0.1) is 0 Å². The highest BCUT2D eigenvalue weighted by Gasteiger charge is 2.69. The van der Waals surface area contributed by atoms with Crippen LogP contribution < -0.4 is 0 Å². The Balaban J connectivity index is 1.21. The average molecular weight is 1470 g/mol. The third-order valence-electron chi connectivity index (χ3n) is 16.8. The molecular formula is C81H86O18P4. The van der Waals surface area contributed by atoms with Gasteiger partial charge in [-0.2, -0.15) is 0 Å². The summed E-state index contributed by atoms with van der Waals surface area (Å²) in [6, 6.07) is 90.4. The van der Waals surface area contributed by atoms with Crippen molar-refractivity contribution in [1.29, 1.82) is 0 Å². The second kappa shape index (κ2) is 39.1. The second-order valence-electron chi connectivity index (χ2n) is 24.5. The van der Waals surface area contributed by atoms with Crippen molar-refractivity contribution in [2.75, 3.05) is 0 Å². The minimum atomic E-state index is -5.31. The smallest absolute Gasteiger partial charge is 0.368 e. The van der Waals surface area contributed by atoms with Crippen molar-refractivity contribution in [3.63, 3.8) is 0 Å². The molecule has 0 heterocycles. The molecule has 1 fully saturated rings. The quantitative estimate of drug-likeness (QED) is 0.0258. The van der Waals surface area contributed by atoms with Crippen LogP contribution >= 0.6 is 31.3 Å². The van der Waals surface area contributed by atoms with Crippen molar-refractivity contribution in [3.05, 3.63) is 359 Å². The molecule has 1 aliphatic rings. The SMILES string of the molecule is CCCCCC1(OP(=O)(OCc2ccccc2)OCc2ccccc2)[C@H](OP(=O)(OCc2ccccc2)OCc2ccccc2)[C@@H](OCc2ccccc2)C(OP(=O)(OCc2ccccc2)OCc2ccccc2)[C@H](OCc2ccccc2)[C@@H]1OP(=O)(OCc1ccccc1)OCc1ccccc1. The van der Waals surface area contributed by atoms with Crippen LogP contribution in [-0.4, -0.2) is 36.1 Å². The Morgan fingerprint density at radius 1 is 0.252 bits per heavy atom. The Morgan fingerprint density at radius 2 is 0.456 bits per heavy atom. The lowest BCUT2D eigenvalue weighted by molar-refractivity contribution is -0.277. The highest BCUT2D eigenvalue weighted by molar-refractivity contribution is 7.49. The summed E-state index contributed by atoms with van der Waals surface area (Å²) in [5.74, 6) is 0. The van der Waals surface area contributed by atoms with Gasteiger partial charge in [0.25, 0.3) is 0 Å². The van der Waals surface area contributed by atoms with Gasteiger partial charge in [0.2, 0.25) is 0 Å². The van der Waals surface area contributed by atoms with Crippen LogP contribution in [0.15, 0.2) is 303 Å². The first-order chi connectivity index (χ1) is 50.4. The molecule has 0 aromatic heterocycles. The molecule has 2 unspecified atom stereocenters. The van der Waals surface area contributed by atoms with Crippen LogP contribution in [0.25, 0.3) is 0 Å². The molecule has 0 spiro atoms. The number of hydrogen-bond acceptors (Lipinski definition) is 18. The molecular weight excluding hydrogens is 1380 g/mol. The van der Waals surface area contributed by atoms with Crippen molar-refractivity contribution in [2.24, 2.45) is 0 Å². The van der Waals surface area contributed by atoms with E-state index in [9.17, 15) is 0 Å². The lowest BCUT2D eigenvalue weighted by Gasteiger charge is -2.56. The van der Waals surface area contributed by atoms with Gasteiger partial charge in [0.05, 0.1) is 66.1 Å². The minimum Gasteiger partial charge on any atom is -0.368 e.